The van der Waals surface area contributed by atoms with Crippen LogP contribution < -0.4 is 14.4 Å². The Morgan fingerprint density at radius 1 is 1.29 bits per heavy atom. The number of rotatable bonds is 6. The lowest BCUT2D eigenvalue weighted by Gasteiger charge is -2.31. The van der Waals surface area contributed by atoms with Gasteiger partial charge in [-0.2, -0.15) is 9.97 Å². The number of nitrogens with zero attached hydrogens (tertiary/aromatic N) is 3. The first kappa shape index (κ1) is 15.3. The molecule has 7 heteroatoms. The normalized spacial score (nSPS) is 15.8. The molecule has 1 aliphatic rings. The van der Waals surface area contributed by atoms with Crippen LogP contribution in [-0.2, 0) is 4.79 Å². The Kier molecular flexibility index (Phi) is 5.19. The summed E-state index contributed by atoms with van der Waals surface area (Å²) >= 11 is 0. The van der Waals surface area contributed by atoms with Gasteiger partial charge >= 0.3 is 5.97 Å². The summed E-state index contributed by atoms with van der Waals surface area (Å²) in [5, 5.41) is 8.73. The number of carbonyl (C=O) groups is 1. The Labute approximate surface area is 123 Å². The lowest BCUT2D eigenvalue weighted by molar-refractivity contribution is -0.137. The molecule has 0 unspecified atom stereocenters. The van der Waals surface area contributed by atoms with Crippen LogP contribution in [0.3, 0.4) is 0 Å². The molecule has 0 atom stereocenters. The second kappa shape index (κ2) is 7.10. The third-order valence-electron chi connectivity index (χ3n) is 3.75. The highest BCUT2D eigenvalue weighted by Gasteiger charge is 2.22. The van der Waals surface area contributed by atoms with Gasteiger partial charge in [-0.05, 0) is 25.2 Å². The minimum atomic E-state index is -0.724. The van der Waals surface area contributed by atoms with E-state index >= 15 is 0 Å². The van der Waals surface area contributed by atoms with Crippen molar-refractivity contribution >= 4 is 11.9 Å². The summed E-state index contributed by atoms with van der Waals surface area (Å²) in [5.41, 5.74) is 0. The average Bonchev–Trinajstić information content (AvgIpc) is 2.52. The zero-order chi connectivity index (χ0) is 15.2. The molecule has 0 radical (unpaired) electrons. The van der Waals surface area contributed by atoms with Gasteiger partial charge in [0.05, 0.1) is 20.3 Å². The molecule has 1 aromatic rings. The van der Waals surface area contributed by atoms with Crippen molar-refractivity contribution in [2.75, 3.05) is 32.2 Å². The third-order valence-corrected chi connectivity index (χ3v) is 3.75. The van der Waals surface area contributed by atoms with Crippen molar-refractivity contribution in [1.29, 1.82) is 0 Å². The van der Waals surface area contributed by atoms with E-state index in [1.54, 1.807) is 20.3 Å². The molecule has 1 aliphatic heterocycles. The van der Waals surface area contributed by atoms with E-state index < -0.39 is 5.97 Å². The molecular weight excluding hydrogens is 274 g/mol. The molecule has 21 heavy (non-hydrogen) atoms. The smallest absolute Gasteiger partial charge is 0.303 e. The highest BCUT2D eigenvalue weighted by molar-refractivity contribution is 5.66. The Morgan fingerprint density at radius 2 is 1.86 bits per heavy atom. The molecule has 1 N–H and O–H groups in total. The molecule has 0 saturated carbocycles. The van der Waals surface area contributed by atoms with Gasteiger partial charge in [0.1, 0.15) is 0 Å². The van der Waals surface area contributed by atoms with E-state index in [-0.39, 0.29) is 6.42 Å². The fraction of sp³-hybridized carbons (Fsp3) is 0.643. The van der Waals surface area contributed by atoms with Crippen LogP contribution in [0.5, 0.6) is 11.8 Å². The van der Waals surface area contributed by atoms with Crippen molar-refractivity contribution in [3.8, 4) is 11.8 Å². The lowest BCUT2D eigenvalue weighted by Crippen LogP contribution is -2.35. The number of carboxylic acids is 1. The zero-order valence-corrected chi connectivity index (χ0v) is 12.4. The monoisotopic (exact) mass is 295 g/mol. The number of hydrogen-bond acceptors (Lipinski definition) is 6. The topological polar surface area (TPSA) is 84.8 Å². The second-order valence-electron chi connectivity index (χ2n) is 5.12. The van der Waals surface area contributed by atoms with Crippen LogP contribution in [0, 0.1) is 5.92 Å². The van der Waals surface area contributed by atoms with E-state index in [0.717, 1.165) is 32.4 Å². The first-order valence-corrected chi connectivity index (χ1v) is 7.06. The van der Waals surface area contributed by atoms with E-state index in [1.807, 2.05) is 0 Å². The number of piperidine rings is 1. The Bertz CT molecular complexity index is 465. The molecule has 0 amide bonds. The number of ether oxygens (including phenoxy) is 2. The van der Waals surface area contributed by atoms with Crippen molar-refractivity contribution in [2.24, 2.45) is 5.92 Å². The molecule has 1 fully saturated rings. The van der Waals surface area contributed by atoms with Crippen molar-refractivity contribution in [3.63, 3.8) is 0 Å². The lowest BCUT2D eigenvalue weighted by atomic mass is 9.92. The van der Waals surface area contributed by atoms with Crippen molar-refractivity contribution < 1.29 is 19.4 Å². The Hall–Kier alpha value is -2.05. The maximum absolute atomic E-state index is 10.6. The maximum atomic E-state index is 10.6. The van der Waals surface area contributed by atoms with Crippen LogP contribution in [0.2, 0.25) is 0 Å². The molecule has 1 saturated heterocycles. The minimum Gasteiger partial charge on any atom is -0.481 e. The minimum absolute atomic E-state index is 0.244. The molecule has 0 aliphatic carbocycles. The zero-order valence-electron chi connectivity index (χ0n) is 12.4. The first-order valence-electron chi connectivity index (χ1n) is 7.06. The fourth-order valence-corrected chi connectivity index (χ4v) is 2.49. The van der Waals surface area contributed by atoms with Crippen LogP contribution in [-0.4, -0.2) is 48.4 Å². The van der Waals surface area contributed by atoms with Crippen LogP contribution in [0.4, 0.5) is 5.95 Å². The van der Waals surface area contributed by atoms with Gasteiger partial charge in [0.25, 0.3) is 0 Å². The number of aliphatic carboxylic acids is 1. The molecule has 1 aromatic heterocycles. The average molecular weight is 295 g/mol. The quantitative estimate of drug-likeness (QED) is 0.852. The summed E-state index contributed by atoms with van der Waals surface area (Å²) in [5.74, 6) is 1.29. The number of hydrogen-bond donors (Lipinski definition) is 1. The SMILES string of the molecule is COc1cc(OC)nc(N2CCC(CCC(=O)O)CC2)n1. The largest absolute Gasteiger partial charge is 0.481 e. The van der Waals surface area contributed by atoms with Crippen molar-refractivity contribution in [1.82, 2.24) is 9.97 Å². The Morgan fingerprint density at radius 3 is 2.33 bits per heavy atom. The van der Waals surface area contributed by atoms with Crippen molar-refractivity contribution in [2.45, 2.75) is 25.7 Å². The molecule has 0 bridgehead atoms. The molecule has 116 valence electrons. The highest BCUT2D eigenvalue weighted by Crippen LogP contribution is 2.26. The predicted molar refractivity (Wildman–Crippen MR) is 76.9 cm³/mol. The van der Waals surface area contributed by atoms with E-state index in [1.165, 1.54) is 0 Å². The van der Waals surface area contributed by atoms with Crippen LogP contribution in [0.15, 0.2) is 6.07 Å². The van der Waals surface area contributed by atoms with Gasteiger partial charge in [-0.1, -0.05) is 0 Å². The summed E-state index contributed by atoms with van der Waals surface area (Å²) in [6.07, 6.45) is 2.89. The second-order valence-corrected chi connectivity index (χ2v) is 5.12. The van der Waals surface area contributed by atoms with Gasteiger partial charge in [0, 0.05) is 19.5 Å². The van der Waals surface area contributed by atoms with Crippen LogP contribution in [0.25, 0.3) is 0 Å². The van der Waals surface area contributed by atoms with Gasteiger partial charge in [0.2, 0.25) is 17.7 Å². The van der Waals surface area contributed by atoms with E-state index in [2.05, 4.69) is 14.9 Å². The molecule has 0 aromatic carbocycles. The summed E-state index contributed by atoms with van der Waals surface area (Å²) < 4.78 is 10.3. The number of anilines is 1. The van der Waals surface area contributed by atoms with Gasteiger partial charge in [-0.25, -0.2) is 0 Å². The summed E-state index contributed by atoms with van der Waals surface area (Å²) in [4.78, 5) is 21.4. The van der Waals surface area contributed by atoms with Gasteiger partial charge in [-0.15, -0.1) is 0 Å². The first-order chi connectivity index (χ1) is 10.1. The predicted octanol–water partition coefficient (Wildman–Crippen LogP) is 1.57. The van der Waals surface area contributed by atoms with Crippen LogP contribution >= 0.6 is 0 Å². The summed E-state index contributed by atoms with van der Waals surface area (Å²) in [7, 11) is 3.12. The van der Waals surface area contributed by atoms with Gasteiger partial charge in [0.15, 0.2) is 0 Å². The molecule has 7 nitrogen and oxygen atoms in total. The maximum Gasteiger partial charge on any atom is 0.303 e. The van der Waals surface area contributed by atoms with Crippen LogP contribution in [0.1, 0.15) is 25.7 Å². The Balaban J connectivity index is 1.96. The summed E-state index contributed by atoms with van der Waals surface area (Å²) in [6.45, 7) is 1.64. The molecule has 0 spiro atoms. The fourth-order valence-electron chi connectivity index (χ4n) is 2.49. The number of carboxylic acid groups (broad SMARTS) is 1. The van der Waals surface area contributed by atoms with E-state index in [4.69, 9.17) is 14.6 Å². The third kappa shape index (κ3) is 4.21. The van der Waals surface area contributed by atoms with E-state index in [9.17, 15) is 4.79 Å². The number of methoxy groups -OCH3 is 2. The molecular formula is C14H21N3O4. The number of aromatic nitrogens is 2. The van der Waals surface area contributed by atoms with Gasteiger partial charge in [-0.3, -0.25) is 4.79 Å². The van der Waals surface area contributed by atoms with E-state index in [0.29, 0.717) is 23.6 Å². The standard InChI is InChI=1S/C14H21N3O4/c1-20-11-9-12(21-2)16-14(15-11)17-7-5-10(6-8-17)3-4-13(18)19/h9-10H,3-8H2,1-2H3,(H,18,19). The van der Waals surface area contributed by atoms with Crippen molar-refractivity contribution in [3.05, 3.63) is 6.07 Å². The molecule has 2 heterocycles. The molecule has 2 rings (SSSR count). The van der Waals surface area contributed by atoms with Gasteiger partial charge < -0.3 is 19.5 Å². The summed E-state index contributed by atoms with van der Waals surface area (Å²) in [6, 6.07) is 1.64. The highest BCUT2D eigenvalue weighted by atomic mass is 16.5.